The predicted molar refractivity (Wildman–Crippen MR) is 54.0 cm³/mol. The van der Waals surface area contributed by atoms with E-state index in [1.807, 2.05) is 6.21 Å². The minimum Gasteiger partial charge on any atom is -0.352 e. The first-order valence-electron chi connectivity index (χ1n) is 5.11. The van der Waals surface area contributed by atoms with Gasteiger partial charge < -0.3 is 5.32 Å². The van der Waals surface area contributed by atoms with E-state index in [0.717, 1.165) is 18.5 Å². The Balaban J connectivity index is 2.11. The molecule has 14 heavy (non-hydrogen) atoms. The van der Waals surface area contributed by atoms with Gasteiger partial charge in [-0.05, 0) is 24.8 Å². The maximum absolute atomic E-state index is 11.3. The fourth-order valence-electron chi connectivity index (χ4n) is 2.52. The first-order valence-corrected chi connectivity index (χ1v) is 5.11. The highest BCUT2D eigenvalue weighted by Crippen LogP contribution is 2.38. The lowest BCUT2D eigenvalue weighted by atomic mass is 9.83. The number of hydrogen-bond acceptors (Lipinski definition) is 2. The molecule has 0 aromatic carbocycles. The molecule has 0 saturated heterocycles. The Morgan fingerprint density at radius 1 is 1.50 bits per heavy atom. The maximum atomic E-state index is 11.3. The van der Waals surface area contributed by atoms with E-state index in [9.17, 15) is 4.79 Å². The molecule has 0 spiro atoms. The van der Waals surface area contributed by atoms with Crippen LogP contribution >= 0.6 is 0 Å². The first kappa shape index (κ1) is 7.97. The zero-order chi connectivity index (χ0) is 9.54. The maximum Gasteiger partial charge on any atom is 0.244 e. The van der Waals surface area contributed by atoms with Crippen LogP contribution in [0.5, 0.6) is 0 Å². The Bertz CT molecular complexity index is 390. The molecule has 1 amide bonds. The fraction of sp³-hybridized carbons (Fsp3) is 0.455. The van der Waals surface area contributed by atoms with E-state index in [1.54, 1.807) is 6.08 Å². The van der Waals surface area contributed by atoms with E-state index in [1.165, 1.54) is 24.1 Å². The lowest BCUT2D eigenvalue weighted by Gasteiger charge is -2.22. The van der Waals surface area contributed by atoms with Gasteiger partial charge in [0.15, 0.2) is 0 Å². The van der Waals surface area contributed by atoms with Crippen molar-refractivity contribution in [1.29, 1.82) is 0 Å². The average molecular weight is 188 g/mol. The van der Waals surface area contributed by atoms with Gasteiger partial charge in [0.05, 0.1) is 0 Å². The Hall–Kier alpha value is -1.38. The molecule has 72 valence electrons. The number of rotatable bonds is 0. The molecule has 1 atom stereocenters. The van der Waals surface area contributed by atoms with Crippen molar-refractivity contribution < 1.29 is 4.79 Å². The van der Waals surface area contributed by atoms with Crippen molar-refractivity contribution in [3.05, 3.63) is 22.9 Å². The van der Waals surface area contributed by atoms with Gasteiger partial charge in [-0.1, -0.05) is 0 Å². The van der Waals surface area contributed by atoms with Crippen LogP contribution in [-0.4, -0.2) is 18.7 Å². The minimum absolute atomic E-state index is 0.0228. The summed E-state index contributed by atoms with van der Waals surface area (Å²) in [5, 5.41) is 2.92. The van der Waals surface area contributed by atoms with Gasteiger partial charge in [0.1, 0.15) is 0 Å². The molecule has 3 nitrogen and oxygen atoms in total. The number of carbonyl (C=O) groups is 1. The van der Waals surface area contributed by atoms with Gasteiger partial charge in [-0.25, -0.2) is 0 Å². The molecule has 2 aliphatic heterocycles. The quantitative estimate of drug-likeness (QED) is 0.609. The highest BCUT2D eigenvalue weighted by Gasteiger charge is 2.30. The molecule has 3 heteroatoms. The van der Waals surface area contributed by atoms with Crippen LogP contribution in [0.15, 0.2) is 27.9 Å². The molecule has 0 radical (unpaired) electrons. The van der Waals surface area contributed by atoms with Crippen molar-refractivity contribution in [3.63, 3.8) is 0 Å². The van der Waals surface area contributed by atoms with E-state index in [0.29, 0.717) is 5.92 Å². The largest absolute Gasteiger partial charge is 0.352 e. The first-order chi connectivity index (χ1) is 6.84. The molecule has 2 heterocycles. The molecule has 1 aliphatic carbocycles. The monoisotopic (exact) mass is 188 g/mol. The van der Waals surface area contributed by atoms with Crippen LogP contribution in [0.3, 0.4) is 0 Å². The van der Waals surface area contributed by atoms with Crippen molar-refractivity contribution in [1.82, 2.24) is 5.32 Å². The second-order valence-corrected chi connectivity index (χ2v) is 4.05. The summed E-state index contributed by atoms with van der Waals surface area (Å²) in [5.74, 6) is 0.522. The van der Waals surface area contributed by atoms with Gasteiger partial charge in [0, 0.05) is 36.0 Å². The van der Waals surface area contributed by atoms with Crippen LogP contribution in [0, 0.1) is 5.92 Å². The Labute approximate surface area is 82.6 Å². The van der Waals surface area contributed by atoms with Gasteiger partial charge in [-0.15, -0.1) is 0 Å². The third-order valence-corrected chi connectivity index (χ3v) is 3.17. The lowest BCUT2D eigenvalue weighted by molar-refractivity contribution is -0.116. The lowest BCUT2D eigenvalue weighted by Crippen LogP contribution is -2.27. The van der Waals surface area contributed by atoms with E-state index in [-0.39, 0.29) is 5.91 Å². The topological polar surface area (TPSA) is 41.5 Å². The molecule has 3 rings (SSSR count). The summed E-state index contributed by atoms with van der Waals surface area (Å²) in [7, 11) is 0. The van der Waals surface area contributed by atoms with Crippen LogP contribution < -0.4 is 5.32 Å². The average Bonchev–Trinajstić information content (AvgIpc) is 2.51. The number of amides is 1. The van der Waals surface area contributed by atoms with E-state index < -0.39 is 0 Å². The second kappa shape index (κ2) is 2.80. The van der Waals surface area contributed by atoms with Crippen molar-refractivity contribution in [2.24, 2.45) is 10.9 Å². The van der Waals surface area contributed by atoms with Crippen LogP contribution in [0.25, 0.3) is 0 Å². The zero-order valence-corrected chi connectivity index (χ0v) is 7.92. The number of allylic oxidation sites excluding steroid dienone is 2. The van der Waals surface area contributed by atoms with Crippen LogP contribution in [0.1, 0.15) is 19.3 Å². The summed E-state index contributed by atoms with van der Waals surface area (Å²) >= 11 is 0. The summed E-state index contributed by atoms with van der Waals surface area (Å²) in [6, 6.07) is 0. The standard InChI is InChI=1S/C11H12N2O/c14-10-4-8-6-12-9-3-1-2-7(5-13-10)11(8)9/h4,6-7H,1-3,5H2,(H,13,14). The van der Waals surface area contributed by atoms with Crippen molar-refractivity contribution in [2.45, 2.75) is 19.3 Å². The molecule has 0 saturated carbocycles. The predicted octanol–water partition coefficient (Wildman–Crippen LogP) is 1.18. The second-order valence-electron chi connectivity index (χ2n) is 4.05. The SMILES string of the molecule is O=C1C=C2C=NC3=C2C(CCC3)CN1. The number of carbonyl (C=O) groups excluding carboxylic acids is 1. The Morgan fingerprint density at radius 3 is 3.36 bits per heavy atom. The van der Waals surface area contributed by atoms with Gasteiger partial charge in [0.2, 0.25) is 5.91 Å². The summed E-state index contributed by atoms with van der Waals surface area (Å²) in [6.45, 7) is 0.779. The van der Waals surface area contributed by atoms with Gasteiger partial charge >= 0.3 is 0 Å². The van der Waals surface area contributed by atoms with Gasteiger partial charge in [-0.3, -0.25) is 9.79 Å². The molecule has 0 bridgehead atoms. The van der Waals surface area contributed by atoms with E-state index in [2.05, 4.69) is 10.3 Å². The van der Waals surface area contributed by atoms with E-state index in [4.69, 9.17) is 0 Å². The van der Waals surface area contributed by atoms with Crippen LogP contribution in [-0.2, 0) is 4.79 Å². The molecule has 0 fully saturated rings. The van der Waals surface area contributed by atoms with Crippen LogP contribution in [0.2, 0.25) is 0 Å². The van der Waals surface area contributed by atoms with Crippen LogP contribution in [0.4, 0.5) is 0 Å². The third-order valence-electron chi connectivity index (χ3n) is 3.17. The molecule has 0 aromatic rings. The summed E-state index contributed by atoms with van der Waals surface area (Å²) in [4.78, 5) is 15.7. The zero-order valence-electron chi connectivity index (χ0n) is 7.92. The normalized spacial score (nSPS) is 29.6. The molecule has 0 aromatic heterocycles. The minimum atomic E-state index is 0.0228. The third kappa shape index (κ3) is 1.05. The Morgan fingerprint density at radius 2 is 2.43 bits per heavy atom. The highest BCUT2D eigenvalue weighted by molar-refractivity contribution is 6.00. The number of nitrogens with zero attached hydrogens (tertiary/aromatic N) is 1. The van der Waals surface area contributed by atoms with Gasteiger partial charge in [-0.2, -0.15) is 0 Å². The van der Waals surface area contributed by atoms with Crippen molar-refractivity contribution in [2.75, 3.05) is 6.54 Å². The fourth-order valence-corrected chi connectivity index (χ4v) is 2.52. The number of aliphatic imine (C=N–C) groups is 1. The smallest absolute Gasteiger partial charge is 0.244 e. The summed E-state index contributed by atoms with van der Waals surface area (Å²) in [5.41, 5.74) is 3.58. The number of hydrogen-bond donors (Lipinski definition) is 1. The molecular formula is C11H12N2O. The summed E-state index contributed by atoms with van der Waals surface area (Å²) < 4.78 is 0. The molecule has 1 N–H and O–H groups in total. The number of nitrogens with one attached hydrogen (secondary N) is 1. The van der Waals surface area contributed by atoms with E-state index >= 15 is 0 Å². The highest BCUT2D eigenvalue weighted by atomic mass is 16.1. The molecule has 3 aliphatic rings. The van der Waals surface area contributed by atoms with Crippen molar-refractivity contribution in [3.8, 4) is 0 Å². The van der Waals surface area contributed by atoms with Gasteiger partial charge in [0.25, 0.3) is 0 Å². The Kier molecular flexibility index (Phi) is 1.60. The van der Waals surface area contributed by atoms with Crippen molar-refractivity contribution >= 4 is 12.1 Å². The molecule has 1 unspecified atom stereocenters. The summed E-state index contributed by atoms with van der Waals surface area (Å²) in [6.07, 6.45) is 6.97. The molecular weight excluding hydrogens is 176 g/mol.